The number of aryl methyl sites for hydroxylation is 1. The minimum absolute atomic E-state index is 0.00772. The van der Waals surface area contributed by atoms with E-state index >= 15 is 0 Å². The first-order valence-electron chi connectivity index (χ1n) is 10.2. The van der Waals surface area contributed by atoms with Gasteiger partial charge in [0.05, 0.1) is 17.6 Å². The maximum Gasteiger partial charge on any atom is 0.263 e. The Morgan fingerprint density at radius 1 is 1.27 bits per heavy atom. The summed E-state index contributed by atoms with van der Waals surface area (Å²) >= 11 is 0. The molecule has 1 N–H and O–H groups in total. The average Bonchev–Trinajstić information content (AvgIpc) is 3.14. The molecule has 4 rings (SSSR count). The Balaban J connectivity index is 1.68. The Kier molecular flexibility index (Phi) is 6.80. The molecule has 1 saturated heterocycles. The van der Waals surface area contributed by atoms with Gasteiger partial charge in [-0.15, -0.1) is 0 Å². The van der Waals surface area contributed by atoms with E-state index in [1.807, 2.05) is 0 Å². The molecule has 174 valence electrons. The van der Waals surface area contributed by atoms with Crippen LogP contribution in [-0.4, -0.2) is 57.3 Å². The summed E-state index contributed by atoms with van der Waals surface area (Å²) < 4.78 is 44.6. The highest BCUT2D eigenvalue weighted by Gasteiger charge is 2.22. The highest BCUT2D eigenvalue weighted by Crippen LogP contribution is 2.27. The molecule has 0 saturated carbocycles. The first-order chi connectivity index (χ1) is 15.8. The third kappa shape index (κ3) is 5.09. The maximum atomic E-state index is 13.0. The van der Waals surface area contributed by atoms with Gasteiger partial charge in [-0.25, -0.2) is 13.8 Å². The van der Waals surface area contributed by atoms with Crippen molar-refractivity contribution >= 4 is 45.3 Å². The first kappa shape index (κ1) is 23.0. The van der Waals surface area contributed by atoms with Crippen LogP contribution in [0.2, 0.25) is 0 Å². The van der Waals surface area contributed by atoms with E-state index in [9.17, 15) is 22.6 Å². The van der Waals surface area contributed by atoms with E-state index in [4.69, 9.17) is 4.74 Å². The van der Waals surface area contributed by atoms with Gasteiger partial charge in [0, 0.05) is 52.7 Å². The lowest BCUT2D eigenvalue weighted by molar-refractivity contribution is -0.125. The standard InChI is InChI=1S/C22H22F2N4O4S/c1-33(31)10-8-28-18-6-5-16(27-7-9-32-13-19(27)29)12-17(18)25-22(28)26-21(30)15-4-2-3-14(11-15)20(23)24/h2-6,11-12,20H,7-10,13H2,1H3,(H,25,26,30). The summed E-state index contributed by atoms with van der Waals surface area (Å²) in [6.07, 6.45) is -1.11. The monoisotopic (exact) mass is 476 g/mol. The molecule has 0 bridgehead atoms. The summed E-state index contributed by atoms with van der Waals surface area (Å²) in [4.78, 5) is 31.1. The smallest absolute Gasteiger partial charge is 0.263 e. The highest BCUT2D eigenvalue weighted by atomic mass is 32.2. The topological polar surface area (TPSA) is 93.5 Å². The van der Waals surface area contributed by atoms with Gasteiger partial charge in [-0.3, -0.25) is 19.1 Å². The fourth-order valence-electron chi connectivity index (χ4n) is 3.61. The Labute approximate surface area is 191 Å². The van der Waals surface area contributed by atoms with Crippen LogP contribution in [0.15, 0.2) is 42.5 Å². The molecule has 1 unspecified atom stereocenters. The van der Waals surface area contributed by atoms with Gasteiger partial charge in [0.25, 0.3) is 18.2 Å². The first-order valence-corrected chi connectivity index (χ1v) is 11.9. The summed E-state index contributed by atoms with van der Waals surface area (Å²) in [6, 6.07) is 10.5. The van der Waals surface area contributed by atoms with Crippen LogP contribution in [0.4, 0.5) is 20.4 Å². The van der Waals surface area contributed by atoms with E-state index < -0.39 is 23.1 Å². The van der Waals surface area contributed by atoms with Gasteiger partial charge in [0.2, 0.25) is 5.95 Å². The number of nitrogens with one attached hydrogen (secondary N) is 1. The van der Waals surface area contributed by atoms with E-state index in [-0.39, 0.29) is 29.6 Å². The molecule has 1 atom stereocenters. The molecule has 0 aliphatic carbocycles. The molecular weight excluding hydrogens is 454 g/mol. The molecule has 1 aromatic heterocycles. The predicted molar refractivity (Wildman–Crippen MR) is 121 cm³/mol. The number of benzene rings is 2. The molecule has 2 amide bonds. The molecule has 1 aliphatic heterocycles. The minimum atomic E-state index is -2.69. The van der Waals surface area contributed by atoms with Crippen LogP contribution in [0.5, 0.6) is 0 Å². The fourth-order valence-corrected chi connectivity index (χ4v) is 4.05. The number of nitrogens with zero attached hydrogens (tertiary/aromatic N) is 3. The van der Waals surface area contributed by atoms with Crippen LogP contribution in [0, 0.1) is 0 Å². The molecule has 0 spiro atoms. The van der Waals surface area contributed by atoms with Crippen LogP contribution in [0.3, 0.4) is 0 Å². The van der Waals surface area contributed by atoms with E-state index in [1.54, 1.807) is 33.9 Å². The number of imidazole rings is 1. The number of carbonyl (C=O) groups is 2. The lowest BCUT2D eigenvalue weighted by Gasteiger charge is -2.26. The number of morpholine rings is 1. The van der Waals surface area contributed by atoms with E-state index in [1.165, 1.54) is 18.2 Å². The largest absolute Gasteiger partial charge is 0.370 e. The summed E-state index contributed by atoms with van der Waals surface area (Å²) in [5, 5.41) is 2.68. The van der Waals surface area contributed by atoms with Crippen molar-refractivity contribution in [1.29, 1.82) is 0 Å². The van der Waals surface area contributed by atoms with Crippen molar-refractivity contribution in [2.45, 2.75) is 13.0 Å². The summed E-state index contributed by atoms with van der Waals surface area (Å²) in [7, 11) is -1.08. The van der Waals surface area contributed by atoms with Crippen molar-refractivity contribution in [2.75, 3.05) is 42.0 Å². The van der Waals surface area contributed by atoms with Crippen LogP contribution >= 0.6 is 0 Å². The van der Waals surface area contributed by atoms with Crippen molar-refractivity contribution < 1.29 is 27.3 Å². The van der Waals surface area contributed by atoms with Crippen molar-refractivity contribution in [1.82, 2.24) is 9.55 Å². The number of fused-ring (bicyclic) bond motifs is 1. The lowest BCUT2D eigenvalue weighted by Crippen LogP contribution is -2.41. The minimum Gasteiger partial charge on any atom is -0.370 e. The van der Waals surface area contributed by atoms with E-state index in [0.29, 0.717) is 42.2 Å². The lowest BCUT2D eigenvalue weighted by atomic mass is 10.1. The molecule has 1 fully saturated rings. The fraction of sp³-hybridized carbons (Fsp3) is 0.318. The van der Waals surface area contributed by atoms with E-state index in [0.717, 1.165) is 6.07 Å². The van der Waals surface area contributed by atoms with Crippen molar-refractivity contribution in [2.24, 2.45) is 0 Å². The number of hydrogen-bond acceptors (Lipinski definition) is 5. The van der Waals surface area contributed by atoms with Gasteiger partial charge < -0.3 is 14.2 Å². The molecule has 11 heteroatoms. The zero-order valence-electron chi connectivity index (χ0n) is 17.8. The number of ether oxygens (including phenoxy) is 1. The number of aromatic nitrogens is 2. The number of rotatable bonds is 7. The normalized spacial score (nSPS) is 15.3. The third-order valence-electron chi connectivity index (χ3n) is 5.26. The van der Waals surface area contributed by atoms with Gasteiger partial charge in [-0.1, -0.05) is 12.1 Å². The number of alkyl halides is 2. The number of amides is 2. The SMILES string of the molecule is CS(=O)CCn1c(NC(=O)c2cccc(C(F)F)c2)nc2cc(N3CCOCC3=O)ccc21. The molecule has 3 aromatic rings. The number of anilines is 2. The molecule has 2 aromatic carbocycles. The van der Waals surface area contributed by atoms with Crippen LogP contribution in [-0.2, 0) is 26.9 Å². The van der Waals surface area contributed by atoms with Crippen molar-refractivity contribution in [3.05, 3.63) is 53.6 Å². The van der Waals surface area contributed by atoms with Crippen molar-refractivity contribution in [3.63, 3.8) is 0 Å². The maximum absolute atomic E-state index is 13.0. The average molecular weight is 477 g/mol. The molecule has 1 aliphatic rings. The summed E-state index contributed by atoms with van der Waals surface area (Å²) in [5.74, 6) is -0.212. The van der Waals surface area contributed by atoms with Crippen molar-refractivity contribution in [3.8, 4) is 0 Å². The Morgan fingerprint density at radius 2 is 2.09 bits per heavy atom. The Morgan fingerprint density at radius 3 is 2.82 bits per heavy atom. The van der Waals surface area contributed by atoms with Gasteiger partial charge in [0.1, 0.15) is 6.61 Å². The summed E-state index contributed by atoms with van der Waals surface area (Å²) in [6.45, 7) is 1.18. The molecule has 33 heavy (non-hydrogen) atoms. The molecule has 2 heterocycles. The second kappa shape index (κ2) is 9.75. The third-order valence-corrected chi connectivity index (χ3v) is 6.02. The molecule has 0 radical (unpaired) electrons. The highest BCUT2D eigenvalue weighted by molar-refractivity contribution is 7.84. The van der Waals surface area contributed by atoms with Gasteiger partial charge in [-0.05, 0) is 30.3 Å². The van der Waals surface area contributed by atoms with Gasteiger partial charge in [-0.2, -0.15) is 0 Å². The molecule has 8 nitrogen and oxygen atoms in total. The Bertz CT molecular complexity index is 1230. The van der Waals surface area contributed by atoms with Crippen LogP contribution < -0.4 is 10.2 Å². The summed E-state index contributed by atoms with van der Waals surface area (Å²) in [5.41, 5.74) is 1.69. The second-order valence-corrected chi connectivity index (χ2v) is 9.07. The second-order valence-electron chi connectivity index (χ2n) is 7.52. The zero-order valence-corrected chi connectivity index (χ0v) is 18.6. The predicted octanol–water partition coefficient (Wildman–Crippen LogP) is 2.97. The quantitative estimate of drug-likeness (QED) is 0.566. The number of halogens is 2. The number of carbonyl (C=O) groups excluding carboxylic acids is 2. The van der Waals surface area contributed by atoms with Gasteiger partial charge >= 0.3 is 0 Å². The van der Waals surface area contributed by atoms with Crippen LogP contribution in [0.1, 0.15) is 22.3 Å². The Hall–Kier alpha value is -3.18. The zero-order chi connectivity index (χ0) is 23.5. The molecular formula is C22H22F2N4O4S. The van der Waals surface area contributed by atoms with Gasteiger partial charge in [0.15, 0.2) is 0 Å². The van der Waals surface area contributed by atoms with Crippen LogP contribution in [0.25, 0.3) is 11.0 Å². The van der Waals surface area contributed by atoms with E-state index in [2.05, 4.69) is 10.3 Å². The number of hydrogen-bond donors (Lipinski definition) is 1.